The first-order valence-electron chi connectivity index (χ1n) is 4.65. The molecular weight excluding hydrogens is 286 g/mol. The molecule has 0 aliphatic heterocycles. The highest BCUT2D eigenvalue weighted by Gasteiger charge is 2.10. The Morgan fingerprint density at radius 2 is 1.94 bits per heavy atom. The molecule has 2 N–H and O–H groups in total. The molecule has 1 aromatic rings. The number of urea groups is 1. The molecule has 0 fully saturated rings. The summed E-state index contributed by atoms with van der Waals surface area (Å²) in [5.41, 5.74) is 0.329. The number of amides is 3. The number of hydrogen-bond acceptors (Lipinski definition) is 2. The molecule has 0 aliphatic rings. The summed E-state index contributed by atoms with van der Waals surface area (Å²) in [6, 6.07) is 4.11. The van der Waals surface area contributed by atoms with Crippen LogP contribution in [-0.2, 0) is 4.79 Å². The summed E-state index contributed by atoms with van der Waals surface area (Å²) in [6.07, 6.45) is 0.0677. The quantitative estimate of drug-likeness (QED) is 0.841. The fraction of sp³-hybridized carbons (Fsp3) is 0.200. The average molecular weight is 296 g/mol. The second kappa shape index (κ2) is 6.69. The minimum atomic E-state index is -0.677. The Kier molecular flexibility index (Phi) is 5.55. The van der Waals surface area contributed by atoms with Gasteiger partial charge in [0.25, 0.3) is 0 Å². The van der Waals surface area contributed by atoms with Gasteiger partial charge in [-0.1, -0.05) is 29.3 Å². The van der Waals surface area contributed by atoms with Crippen molar-refractivity contribution in [2.45, 2.75) is 6.42 Å². The van der Waals surface area contributed by atoms with Crippen LogP contribution < -0.4 is 10.6 Å². The molecule has 0 atom stereocenters. The monoisotopic (exact) mass is 294 g/mol. The highest BCUT2D eigenvalue weighted by molar-refractivity contribution is 6.44. The zero-order chi connectivity index (χ0) is 12.8. The molecule has 1 rings (SSSR count). The first kappa shape index (κ1) is 14.1. The fourth-order valence-corrected chi connectivity index (χ4v) is 1.55. The van der Waals surface area contributed by atoms with Crippen LogP contribution in [0.5, 0.6) is 0 Å². The molecule has 0 bridgehead atoms. The summed E-state index contributed by atoms with van der Waals surface area (Å²) in [4.78, 5) is 22.5. The van der Waals surface area contributed by atoms with E-state index in [9.17, 15) is 9.59 Å². The molecule has 4 nitrogen and oxygen atoms in total. The minimum absolute atomic E-state index is 0.0677. The van der Waals surface area contributed by atoms with Gasteiger partial charge in [-0.3, -0.25) is 10.1 Å². The number of rotatable bonds is 3. The zero-order valence-electron chi connectivity index (χ0n) is 8.60. The first-order valence-corrected chi connectivity index (χ1v) is 5.94. The number of hydrogen-bond donors (Lipinski definition) is 2. The lowest BCUT2D eigenvalue weighted by Gasteiger charge is -2.08. The lowest BCUT2D eigenvalue weighted by atomic mass is 10.3. The van der Waals surface area contributed by atoms with Crippen LogP contribution >= 0.6 is 34.8 Å². The van der Waals surface area contributed by atoms with Crippen LogP contribution in [-0.4, -0.2) is 17.8 Å². The van der Waals surface area contributed by atoms with Crippen molar-refractivity contribution in [1.29, 1.82) is 0 Å². The molecule has 0 saturated carbocycles. The standard InChI is InChI=1S/C10H9Cl3N2O2/c11-5-4-8(16)15-10(17)14-7-3-1-2-6(12)9(7)13/h1-3H,4-5H2,(H2,14,15,16,17). The van der Waals surface area contributed by atoms with Crippen LogP contribution in [0.25, 0.3) is 0 Å². The summed E-state index contributed by atoms with van der Waals surface area (Å²) in [6.45, 7) is 0. The molecule has 1 aromatic carbocycles. The van der Waals surface area contributed by atoms with Crippen molar-refractivity contribution >= 4 is 52.4 Å². The largest absolute Gasteiger partial charge is 0.325 e. The van der Waals surface area contributed by atoms with Crippen LogP contribution in [0.15, 0.2) is 18.2 Å². The Labute approximate surface area is 113 Å². The van der Waals surface area contributed by atoms with E-state index in [1.165, 1.54) is 0 Å². The minimum Gasteiger partial charge on any atom is -0.306 e. The van der Waals surface area contributed by atoms with Crippen molar-refractivity contribution in [3.63, 3.8) is 0 Å². The van der Waals surface area contributed by atoms with E-state index >= 15 is 0 Å². The Hall–Kier alpha value is -0.970. The van der Waals surface area contributed by atoms with Crippen molar-refractivity contribution in [2.75, 3.05) is 11.2 Å². The summed E-state index contributed by atoms with van der Waals surface area (Å²) >= 11 is 17.0. The van der Waals surface area contributed by atoms with Crippen molar-refractivity contribution in [3.05, 3.63) is 28.2 Å². The van der Waals surface area contributed by atoms with Gasteiger partial charge in [-0.05, 0) is 12.1 Å². The van der Waals surface area contributed by atoms with E-state index in [-0.39, 0.29) is 17.3 Å². The van der Waals surface area contributed by atoms with E-state index in [0.717, 1.165) is 0 Å². The maximum atomic E-state index is 11.4. The number of imide groups is 1. The Morgan fingerprint density at radius 3 is 2.59 bits per heavy atom. The van der Waals surface area contributed by atoms with Gasteiger partial charge < -0.3 is 5.32 Å². The number of alkyl halides is 1. The van der Waals surface area contributed by atoms with Gasteiger partial charge in [-0.2, -0.15) is 0 Å². The van der Waals surface area contributed by atoms with Crippen molar-refractivity contribution < 1.29 is 9.59 Å². The fourth-order valence-electron chi connectivity index (χ4n) is 1.03. The van der Waals surface area contributed by atoms with Crippen molar-refractivity contribution in [1.82, 2.24) is 5.32 Å². The Bertz CT molecular complexity index is 438. The number of carbonyl (C=O) groups excluding carboxylic acids is 2. The second-order valence-corrected chi connectivity index (χ2v) is 4.21. The van der Waals surface area contributed by atoms with Crippen LogP contribution in [0.3, 0.4) is 0 Å². The molecule has 0 radical (unpaired) electrons. The second-order valence-electron chi connectivity index (χ2n) is 3.04. The Balaban J connectivity index is 2.62. The molecule has 0 saturated heterocycles. The van der Waals surface area contributed by atoms with Gasteiger partial charge in [0.15, 0.2) is 0 Å². The van der Waals surface area contributed by atoms with E-state index < -0.39 is 11.9 Å². The first-order chi connectivity index (χ1) is 8.04. The molecular formula is C10H9Cl3N2O2. The summed E-state index contributed by atoms with van der Waals surface area (Å²) in [5, 5.41) is 5.04. The molecule has 0 aromatic heterocycles. The van der Waals surface area contributed by atoms with Gasteiger partial charge in [0, 0.05) is 12.3 Å². The molecule has 3 amide bonds. The van der Waals surface area contributed by atoms with Crippen molar-refractivity contribution in [3.8, 4) is 0 Å². The Morgan fingerprint density at radius 1 is 1.24 bits per heavy atom. The van der Waals surface area contributed by atoms with E-state index in [1.807, 2.05) is 0 Å². The van der Waals surface area contributed by atoms with Gasteiger partial charge in [0.2, 0.25) is 5.91 Å². The third-order valence-electron chi connectivity index (χ3n) is 1.77. The molecule has 0 unspecified atom stereocenters. The normalized spacial score (nSPS) is 9.82. The smallest absolute Gasteiger partial charge is 0.306 e. The van der Waals surface area contributed by atoms with Gasteiger partial charge >= 0.3 is 6.03 Å². The molecule has 92 valence electrons. The summed E-state index contributed by atoms with van der Waals surface area (Å²) in [5.74, 6) is -0.313. The van der Waals surface area contributed by atoms with E-state index in [4.69, 9.17) is 34.8 Å². The maximum absolute atomic E-state index is 11.4. The van der Waals surface area contributed by atoms with Crippen LogP contribution in [0, 0.1) is 0 Å². The molecule has 0 aliphatic carbocycles. The zero-order valence-corrected chi connectivity index (χ0v) is 10.9. The molecule has 0 spiro atoms. The highest BCUT2D eigenvalue weighted by Crippen LogP contribution is 2.29. The number of nitrogens with one attached hydrogen (secondary N) is 2. The number of halogens is 3. The maximum Gasteiger partial charge on any atom is 0.325 e. The SMILES string of the molecule is O=C(CCCl)NC(=O)Nc1cccc(Cl)c1Cl. The number of anilines is 1. The van der Waals surface area contributed by atoms with Crippen LogP contribution in [0.2, 0.25) is 10.0 Å². The van der Waals surface area contributed by atoms with Crippen LogP contribution in [0.1, 0.15) is 6.42 Å². The third kappa shape index (κ3) is 4.42. The number of benzene rings is 1. The summed E-state index contributed by atoms with van der Waals surface area (Å²) in [7, 11) is 0. The van der Waals surface area contributed by atoms with Gasteiger partial charge in [0.05, 0.1) is 15.7 Å². The molecule has 0 heterocycles. The topological polar surface area (TPSA) is 58.2 Å². The average Bonchev–Trinajstić information content (AvgIpc) is 2.25. The van der Waals surface area contributed by atoms with E-state index in [2.05, 4.69) is 10.6 Å². The van der Waals surface area contributed by atoms with Gasteiger partial charge in [0.1, 0.15) is 0 Å². The van der Waals surface area contributed by atoms with Crippen molar-refractivity contribution in [2.24, 2.45) is 0 Å². The predicted octanol–water partition coefficient (Wildman–Crippen LogP) is 3.27. The summed E-state index contributed by atoms with van der Waals surface area (Å²) < 4.78 is 0. The van der Waals surface area contributed by atoms with E-state index in [1.54, 1.807) is 18.2 Å². The highest BCUT2D eigenvalue weighted by atomic mass is 35.5. The van der Waals surface area contributed by atoms with Gasteiger partial charge in [-0.15, -0.1) is 11.6 Å². The third-order valence-corrected chi connectivity index (χ3v) is 2.78. The predicted molar refractivity (Wildman–Crippen MR) is 69.0 cm³/mol. The molecule has 7 heteroatoms. The lowest BCUT2D eigenvalue weighted by Crippen LogP contribution is -2.34. The molecule has 17 heavy (non-hydrogen) atoms. The number of carbonyl (C=O) groups is 2. The lowest BCUT2D eigenvalue weighted by molar-refractivity contribution is -0.119. The van der Waals surface area contributed by atoms with Gasteiger partial charge in [-0.25, -0.2) is 4.79 Å². The van der Waals surface area contributed by atoms with E-state index in [0.29, 0.717) is 10.7 Å². The van der Waals surface area contributed by atoms with Crippen LogP contribution in [0.4, 0.5) is 10.5 Å².